The molecule has 0 N–H and O–H groups in total. The van der Waals surface area contributed by atoms with Gasteiger partial charge in [0, 0.05) is 12.6 Å². The molecule has 1 amide bonds. The van der Waals surface area contributed by atoms with Crippen molar-refractivity contribution >= 4 is 17.7 Å². The van der Waals surface area contributed by atoms with Crippen molar-refractivity contribution in [2.75, 3.05) is 26.5 Å². The molecule has 7 nitrogen and oxygen atoms in total. The molecule has 8 heteroatoms. The summed E-state index contributed by atoms with van der Waals surface area (Å²) in [6.45, 7) is 0.650. The summed E-state index contributed by atoms with van der Waals surface area (Å²) in [5.74, 6) is 1.81. The summed E-state index contributed by atoms with van der Waals surface area (Å²) in [5.41, 5.74) is 3.35. The molecule has 2 aliphatic rings. The fourth-order valence-electron chi connectivity index (χ4n) is 4.36. The number of ether oxygens (including phenoxy) is 2. The van der Waals surface area contributed by atoms with Crippen LogP contribution in [0.3, 0.4) is 0 Å². The lowest BCUT2D eigenvalue weighted by atomic mass is 9.87. The second-order valence-electron chi connectivity index (χ2n) is 8.10. The van der Waals surface area contributed by atoms with Gasteiger partial charge >= 0.3 is 0 Å². The minimum atomic E-state index is -0.172. The summed E-state index contributed by atoms with van der Waals surface area (Å²) in [6, 6.07) is 14.6. The van der Waals surface area contributed by atoms with E-state index in [2.05, 4.69) is 26.9 Å². The molecule has 0 spiro atoms. The molecular formula is C24H26N4O3S. The Morgan fingerprint density at radius 2 is 1.88 bits per heavy atom. The highest BCUT2D eigenvalue weighted by Crippen LogP contribution is 2.42. The lowest BCUT2D eigenvalue weighted by Crippen LogP contribution is -2.41. The quantitative estimate of drug-likeness (QED) is 0.509. The van der Waals surface area contributed by atoms with Crippen LogP contribution in [0.2, 0.25) is 0 Å². The third kappa shape index (κ3) is 3.95. The lowest BCUT2D eigenvalue weighted by molar-refractivity contribution is -0.130. The predicted molar refractivity (Wildman–Crippen MR) is 122 cm³/mol. The topological polar surface area (TPSA) is 69.5 Å². The third-order valence-electron chi connectivity index (χ3n) is 6.11. The fraction of sp³-hybridized carbons (Fsp3) is 0.375. The molecule has 1 saturated carbocycles. The Hall–Kier alpha value is -3.00. The van der Waals surface area contributed by atoms with Gasteiger partial charge in [-0.25, -0.2) is 0 Å². The first-order valence-corrected chi connectivity index (χ1v) is 11.8. The number of benzene rings is 2. The summed E-state index contributed by atoms with van der Waals surface area (Å²) in [7, 11) is 3.29. The summed E-state index contributed by atoms with van der Waals surface area (Å²) in [5, 5.41) is 9.09. The number of fused-ring (bicyclic) bond motifs is 1. The lowest BCUT2D eigenvalue weighted by Gasteiger charge is -2.38. The molecule has 0 saturated heterocycles. The molecule has 0 radical (unpaired) electrons. The molecule has 0 bridgehead atoms. The van der Waals surface area contributed by atoms with Crippen LogP contribution in [0.15, 0.2) is 53.9 Å². The molecule has 1 aromatic heterocycles. The van der Waals surface area contributed by atoms with Crippen LogP contribution >= 0.6 is 11.8 Å². The molecule has 166 valence electrons. The van der Waals surface area contributed by atoms with E-state index in [1.807, 2.05) is 35.2 Å². The third-order valence-corrected chi connectivity index (χ3v) is 7.06. The van der Waals surface area contributed by atoms with Crippen LogP contribution in [0.4, 0.5) is 0 Å². The molecule has 3 aromatic rings. The Kier molecular flexibility index (Phi) is 5.78. The summed E-state index contributed by atoms with van der Waals surface area (Å²) in [4.78, 5) is 15.4. The van der Waals surface area contributed by atoms with E-state index in [-0.39, 0.29) is 11.9 Å². The maximum Gasteiger partial charge on any atom is 0.233 e. The van der Waals surface area contributed by atoms with Crippen molar-refractivity contribution in [3.05, 3.63) is 65.5 Å². The Balaban J connectivity index is 1.45. The zero-order chi connectivity index (χ0) is 22.1. The van der Waals surface area contributed by atoms with Gasteiger partial charge < -0.3 is 18.9 Å². The SMILES string of the molecule is COc1cc2c(cc1OC)C(c1ccccc1)N(C(=O)CSc1nncn1C1CC1)CC2. The summed E-state index contributed by atoms with van der Waals surface area (Å²) >= 11 is 1.47. The van der Waals surface area contributed by atoms with E-state index in [4.69, 9.17) is 9.47 Å². The second kappa shape index (κ2) is 8.86. The summed E-state index contributed by atoms with van der Waals surface area (Å²) in [6.07, 6.45) is 4.86. The molecule has 32 heavy (non-hydrogen) atoms. The van der Waals surface area contributed by atoms with Crippen molar-refractivity contribution in [1.29, 1.82) is 0 Å². The zero-order valence-corrected chi connectivity index (χ0v) is 19.0. The number of hydrogen-bond acceptors (Lipinski definition) is 6. The van der Waals surface area contributed by atoms with Crippen molar-refractivity contribution in [2.24, 2.45) is 0 Å². The molecule has 1 unspecified atom stereocenters. The number of nitrogens with zero attached hydrogens (tertiary/aromatic N) is 4. The fourth-order valence-corrected chi connectivity index (χ4v) is 5.23. The molecule has 2 heterocycles. The van der Waals surface area contributed by atoms with Gasteiger partial charge in [-0.2, -0.15) is 0 Å². The van der Waals surface area contributed by atoms with E-state index in [1.54, 1.807) is 20.5 Å². The monoisotopic (exact) mass is 450 g/mol. The van der Waals surface area contributed by atoms with Gasteiger partial charge in [-0.3, -0.25) is 4.79 Å². The summed E-state index contributed by atoms with van der Waals surface area (Å²) < 4.78 is 13.2. The molecule has 1 fully saturated rings. The number of methoxy groups -OCH3 is 2. The molecule has 5 rings (SSSR count). The van der Waals surface area contributed by atoms with Crippen LogP contribution in [0.1, 0.15) is 41.6 Å². The maximum absolute atomic E-state index is 13.5. The smallest absolute Gasteiger partial charge is 0.233 e. The number of aromatic nitrogens is 3. The van der Waals surface area contributed by atoms with Crippen LogP contribution < -0.4 is 9.47 Å². The molecule has 2 aromatic carbocycles. The molecule has 1 aliphatic carbocycles. The van der Waals surface area contributed by atoms with Gasteiger partial charge in [-0.15, -0.1) is 10.2 Å². The van der Waals surface area contributed by atoms with Crippen LogP contribution in [0.25, 0.3) is 0 Å². The Bertz CT molecular complexity index is 1110. The van der Waals surface area contributed by atoms with Crippen molar-refractivity contribution < 1.29 is 14.3 Å². The minimum absolute atomic E-state index is 0.0923. The standard InChI is InChI=1S/C24H26N4O3S/c1-30-20-12-17-10-11-27(22(29)14-32-24-26-25-15-28(24)18-8-9-18)23(16-6-4-3-5-7-16)19(17)13-21(20)31-2/h3-7,12-13,15,18,23H,8-11,14H2,1-2H3. The zero-order valence-electron chi connectivity index (χ0n) is 18.2. The first-order chi connectivity index (χ1) is 15.7. The van der Waals surface area contributed by atoms with Crippen molar-refractivity contribution in [3.63, 3.8) is 0 Å². The Labute approximate surface area is 191 Å². The molecule has 1 atom stereocenters. The van der Waals surface area contributed by atoms with Crippen molar-refractivity contribution in [2.45, 2.75) is 36.5 Å². The van der Waals surface area contributed by atoms with E-state index in [9.17, 15) is 4.79 Å². The number of rotatable bonds is 7. The normalized spacial score (nSPS) is 17.7. The van der Waals surface area contributed by atoms with Gasteiger partial charge in [0.15, 0.2) is 16.7 Å². The average molecular weight is 451 g/mol. The van der Waals surface area contributed by atoms with Crippen molar-refractivity contribution in [3.8, 4) is 11.5 Å². The minimum Gasteiger partial charge on any atom is -0.493 e. The van der Waals surface area contributed by atoms with E-state index >= 15 is 0 Å². The first kappa shape index (κ1) is 20.9. The second-order valence-corrected chi connectivity index (χ2v) is 9.04. The molecular weight excluding hydrogens is 424 g/mol. The van der Waals surface area contributed by atoms with E-state index < -0.39 is 0 Å². The molecule has 1 aliphatic heterocycles. The first-order valence-electron chi connectivity index (χ1n) is 10.8. The van der Waals surface area contributed by atoms with Gasteiger partial charge in [-0.1, -0.05) is 42.1 Å². The van der Waals surface area contributed by atoms with Gasteiger partial charge in [0.05, 0.1) is 26.0 Å². The van der Waals surface area contributed by atoms with Gasteiger partial charge in [0.2, 0.25) is 5.91 Å². The van der Waals surface area contributed by atoms with E-state index in [0.717, 1.165) is 35.5 Å². The average Bonchev–Trinajstić information content (AvgIpc) is 3.58. The van der Waals surface area contributed by atoms with Gasteiger partial charge in [0.25, 0.3) is 0 Å². The van der Waals surface area contributed by atoms with Crippen LogP contribution in [0, 0.1) is 0 Å². The highest BCUT2D eigenvalue weighted by atomic mass is 32.2. The Morgan fingerprint density at radius 1 is 1.12 bits per heavy atom. The van der Waals surface area contributed by atoms with E-state index in [0.29, 0.717) is 29.8 Å². The van der Waals surface area contributed by atoms with Crippen molar-refractivity contribution in [1.82, 2.24) is 19.7 Å². The number of amides is 1. The highest BCUT2D eigenvalue weighted by Gasteiger charge is 2.34. The number of carbonyl (C=O) groups is 1. The van der Waals surface area contributed by atoms with Gasteiger partial charge in [-0.05, 0) is 48.1 Å². The predicted octanol–water partition coefficient (Wildman–Crippen LogP) is 3.90. The largest absolute Gasteiger partial charge is 0.493 e. The Morgan fingerprint density at radius 3 is 2.59 bits per heavy atom. The highest BCUT2D eigenvalue weighted by molar-refractivity contribution is 7.99. The maximum atomic E-state index is 13.5. The van der Waals surface area contributed by atoms with Gasteiger partial charge in [0.1, 0.15) is 6.33 Å². The van der Waals surface area contributed by atoms with E-state index in [1.165, 1.54) is 17.3 Å². The van der Waals surface area contributed by atoms with Crippen LogP contribution in [-0.2, 0) is 11.2 Å². The van der Waals surface area contributed by atoms with Crippen LogP contribution in [0.5, 0.6) is 11.5 Å². The number of hydrogen-bond donors (Lipinski definition) is 0. The number of carbonyl (C=O) groups excluding carboxylic acids is 1. The van der Waals surface area contributed by atoms with Crippen LogP contribution in [-0.4, -0.2) is 52.1 Å². The number of thioether (sulfide) groups is 1.